The van der Waals surface area contributed by atoms with E-state index in [1.54, 1.807) is 6.07 Å². The molecular formula is C27H36F2N2. The third-order valence-corrected chi connectivity index (χ3v) is 6.03. The van der Waals surface area contributed by atoms with Crippen molar-refractivity contribution in [1.29, 1.82) is 5.26 Å². The summed E-state index contributed by atoms with van der Waals surface area (Å²) in [4.78, 5) is 2.54. The van der Waals surface area contributed by atoms with Gasteiger partial charge >= 0.3 is 0 Å². The van der Waals surface area contributed by atoms with Crippen molar-refractivity contribution in [3.63, 3.8) is 0 Å². The van der Waals surface area contributed by atoms with Crippen LogP contribution in [0.3, 0.4) is 0 Å². The molecule has 0 saturated heterocycles. The van der Waals surface area contributed by atoms with Gasteiger partial charge in [0.15, 0.2) is 0 Å². The van der Waals surface area contributed by atoms with Crippen LogP contribution in [0.4, 0.5) is 8.78 Å². The van der Waals surface area contributed by atoms with E-state index in [1.807, 2.05) is 0 Å². The minimum absolute atomic E-state index is 0.0356. The van der Waals surface area contributed by atoms with Crippen LogP contribution in [0.15, 0.2) is 54.6 Å². The Hall–Kier alpha value is -2.25. The van der Waals surface area contributed by atoms with Gasteiger partial charge in [0, 0.05) is 19.5 Å². The first-order valence-electron chi connectivity index (χ1n) is 11.4. The van der Waals surface area contributed by atoms with Gasteiger partial charge in [0.25, 0.3) is 0 Å². The monoisotopic (exact) mass is 426 g/mol. The highest BCUT2D eigenvalue weighted by atomic mass is 19.2. The molecule has 4 heteroatoms. The Morgan fingerprint density at radius 2 is 1.45 bits per heavy atom. The Morgan fingerprint density at radius 1 is 0.903 bits per heavy atom. The number of nitriles is 1. The smallest absolute Gasteiger partial charge is 0.132 e. The zero-order valence-electron chi connectivity index (χ0n) is 19.1. The molecule has 0 aliphatic heterocycles. The van der Waals surface area contributed by atoms with Gasteiger partial charge in [-0.2, -0.15) is 5.26 Å². The van der Waals surface area contributed by atoms with Crippen LogP contribution in [-0.4, -0.2) is 36.4 Å². The van der Waals surface area contributed by atoms with E-state index in [0.717, 1.165) is 37.9 Å². The molecule has 0 aromatic heterocycles. The quantitative estimate of drug-likeness (QED) is 0.448. The number of benzene rings is 2. The Balaban J connectivity index is 0.00000107. The van der Waals surface area contributed by atoms with E-state index in [0.29, 0.717) is 18.9 Å². The summed E-state index contributed by atoms with van der Waals surface area (Å²) in [5.74, 6) is 0.0356. The van der Waals surface area contributed by atoms with Crippen LogP contribution in [0.1, 0.15) is 62.6 Å². The van der Waals surface area contributed by atoms with Gasteiger partial charge in [0.05, 0.1) is 6.07 Å². The first-order chi connectivity index (χ1) is 14.9. The van der Waals surface area contributed by atoms with E-state index < -0.39 is 12.3 Å². The SMILES string of the molecule is CC#N.CC(C)N(CCCc1ccc(C2CC(F)C(F)C2)cc1)CCc1ccccc1. The number of hydrogen-bond acceptors (Lipinski definition) is 2. The molecule has 3 rings (SSSR count). The molecule has 2 atom stereocenters. The van der Waals surface area contributed by atoms with Gasteiger partial charge in [0.2, 0.25) is 0 Å². The lowest BCUT2D eigenvalue weighted by Crippen LogP contribution is -2.34. The van der Waals surface area contributed by atoms with E-state index in [-0.39, 0.29) is 5.92 Å². The molecule has 1 saturated carbocycles. The molecule has 31 heavy (non-hydrogen) atoms. The zero-order chi connectivity index (χ0) is 22.6. The van der Waals surface area contributed by atoms with E-state index in [9.17, 15) is 8.78 Å². The van der Waals surface area contributed by atoms with Gasteiger partial charge in [-0.15, -0.1) is 0 Å². The molecule has 2 aromatic rings. The average Bonchev–Trinajstić information content (AvgIpc) is 3.10. The molecule has 168 valence electrons. The molecule has 0 heterocycles. The summed E-state index contributed by atoms with van der Waals surface area (Å²) in [5, 5.41) is 7.32. The van der Waals surface area contributed by atoms with Gasteiger partial charge in [0.1, 0.15) is 12.3 Å². The summed E-state index contributed by atoms with van der Waals surface area (Å²) in [6.07, 6.45) is 1.31. The number of aryl methyl sites for hydroxylation is 1. The van der Waals surface area contributed by atoms with Crippen LogP contribution < -0.4 is 0 Å². The molecule has 1 fully saturated rings. The van der Waals surface area contributed by atoms with Crippen LogP contribution in [-0.2, 0) is 12.8 Å². The average molecular weight is 427 g/mol. The molecule has 2 aromatic carbocycles. The summed E-state index contributed by atoms with van der Waals surface area (Å²) >= 11 is 0. The Kier molecular flexibility index (Phi) is 10.7. The summed E-state index contributed by atoms with van der Waals surface area (Å²) in [6.45, 7) is 8.12. The second-order valence-electron chi connectivity index (χ2n) is 8.63. The van der Waals surface area contributed by atoms with Crippen LogP contribution in [0, 0.1) is 11.3 Å². The fourth-order valence-corrected chi connectivity index (χ4v) is 4.20. The highest BCUT2D eigenvalue weighted by Gasteiger charge is 2.35. The van der Waals surface area contributed by atoms with E-state index in [4.69, 9.17) is 5.26 Å². The Bertz CT molecular complexity index is 773. The largest absolute Gasteiger partial charge is 0.301 e. The van der Waals surface area contributed by atoms with Gasteiger partial charge in [-0.05, 0) is 75.1 Å². The molecule has 0 amide bonds. The molecular weight excluding hydrogens is 390 g/mol. The van der Waals surface area contributed by atoms with Crippen molar-refractivity contribution in [2.75, 3.05) is 13.1 Å². The van der Waals surface area contributed by atoms with Crippen molar-refractivity contribution in [2.45, 2.75) is 77.2 Å². The molecule has 0 spiro atoms. The predicted octanol–water partition coefficient (Wildman–Crippen LogP) is 6.66. The highest BCUT2D eigenvalue weighted by molar-refractivity contribution is 5.27. The molecule has 0 radical (unpaired) electrons. The van der Waals surface area contributed by atoms with E-state index >= 15 is 0 Å². The standard InChI is InChI=1S/C25H33F2N.C2H3N/c1-19(2)28(16-14-20-7-4-3-5-8-20)15-6-9-21-10-12-22(13-11-21)23-17-24(26)25(27)18-23;1-2-3/h3-5,7-8,10-13,19,23-25H,6,9,14-18H2,1-2H3;1H3. The number of rotatable bonds is 9. The maximum absolute atomic E-state index is 13.4. The van der Waals surface area contributed by atoms with Crippen LogP contribution >= 0.6 is 0 Å². The Labute approximate surface area is 186 Å². The lowest BCUT2D eigenvalue weighted by Gasteiger charge is -2.26. The van der Waals surface area contributed by atoms with Crippen molar-refractivity contribution >= 4 is 0 Å². The third kappa shape index (κ3) is 8.42. The normalized spacial score (nSPS) is 20.4. The van der Waals surface area contributed by atoms with Crippen molar-refractivity contribution in [1.82, 2.24) is 4.90 Å². The van der Waals surface area contributed by atoms with Crippen LogP contribution in [0.2, 0.25) is 0 Å². The fourth-order valence-electron chi connectivity index (χ4n) is 4.20. The zero-order valence-corrected chi connectivity index (χ0v) is 19.1. The molecule has 0 N–H and O–H groups in total. The van der Waals surface area contributed by atoms with Crippen LogP contribution in [0.25, 0.3) is 0 Å². The van der Waals surface area contributed by atoms with Gasteiger partial charge in [-0.3, -0.25) is 0 Å². The number of nitrogens with zero attached hydrogens (tertiary/aromatic N) is 2. The van der Waals surface area contributed by atoms with Crippen molar-refractivity contribution in [2.24, 2.45) is 0 Å². The summed E-state index contributed by atoms with van der Waals surface area (Å²) in [7, 11) is 0. The van der Waals surface area contributed by atoms with Gasteiger partial charge in [-0.1, -0.05) is 54.6 Å². The highest BCUT2D eigenvalue weighted by Crippen LogP contribution is 2.38. The molecule has 1 aliphatic carbocycles. The van der Waals surface area contributed by atoms with Crippen molar-refractivity contribution in [3.05, 3.63) is 71.3 Å². The topological polar surface area (TPSA) is 27.0 Å². The van der Waals surface area contributed by atoms with E-state index in [1.165, 1.54) is 18.1 Å². The second kappa shape index (κ2) is 13.2. The third-order valence-electron chi connectivity index (χ3n) is 6.03. The van der Waals surface area contributed by atoms with Gasteiger partial charge in [-0.25, -0.2) is 8.78 Å². The van der Waals surface area contributed by atoms with Gasteiger partial charge < -0.3 is 4.90 Å². The molecule has 2 unspecified atom stereocenters. The maximum Gasteiger partial charge on any atom is 0.132 e. The summed E-state index contributed by atoms with van der Waals surface area (Å²) in [5.41, 5.74) is 3.78. The van der Waals surface area contributed by atoms with Crippen LogP contribution in [0.5, 0.6) is 0 Å². The van der Waals surface area contributed by atoms with Crippen molar-refractivity contribution in [3.8, 4) is 6.07 Å². The second-order valence-corrected chi connectivity index (χ2v) is 8.63. The minimum atomic E-state index is -1.29. The number of alkyl halides is 2. The first kappa shape index (κ1) is 25.0. The maximum atomic E-state index is 13.4. The number of halogens is 2. The molecule has 2 nitrogen and oxygen atoms in total. The molecule has 1 aliphatic rings. The summed E-state index contributed by atoms with van der Waals surface area (Å²) < 4.78 is 26.9. The fraction of sp³-hybridized carbons (Fsp3) is 0.519. The first-order valence-corrected chi connectivity index (χ1v) is 11.4. The molecule has 0 bridgehead atoms. The minimum Gasteiger partial charge on any atom is -0.301 e. The lowest BCUT2D eigenvalue weighted by atomic mass is 9.96. The summed E-state index contributed by atoms with van der Waals surface area (Å²) in [6, 6.07) is 21.4. The Morgan fingerprint density at radius 3 is 2.00 bits per heavy atom. The van der Waals surface area contributed by atoms with E-state index in [2.05, 4.69) is 73.3 Å². The van der Waals surface area contributed by atoms with Crippen molar-refractivity contribution < 1.29 is 8.78 Å². The number of hydrogen-bond donors (Lipinski definition) is 0. The predicted molar refractivity (Wildman–Crippen MR) is 125 cm³/mol. The lowest BCUT2D eigenvalue weighted by molar-refractivity contribution is 0.199.